The van der Waals surface area contributed by atoms with Crippen molar-refractivity contribution < 1.29 is 37.1 Å². The van der Waals surface area contributed by atoms with E-state index < -0.39 is 35.3 Å². The standard InChI is InChI=1S/C12H10F2N2.C12H11F2NO2.C2H4O2.CH4.H3N/c13-8-2-1-3-9(14)10(8)12-11(7-4-5-7)15-6-16-12;13-8-2-1-3-9(14)10(8)11(15-6-16)12(17)7-4-5-7;1-2(3)4;;/h1-3,6-7H,4-5H2,(H,15,16);1-3,6-7,11H,4-5H2,(H,15,16);1H3,(H,3,4);1H4;1H3. The normalized spacial score (nSPS) is 14.1. The van der Waals surface area contributed by atoms with Crippen LogP contribution in [0, 0.1) is 29.2 Å². The number of hydrogen-bond donors (Lipinski definition) is 4. The van der Waals surface area contributed by atoms with Crippen molar-refractivity contribution in [2.75, 3.05) is 0 Å². The molecule has 0 saturated heterocycles. The van der Waals surface area contributed by atoms with Crippen LogP contribution >= 0.6 is 0 Å². The minimum atomic E-state index is -1.22. The largest absolute Gasteiger partial charge is 0.481 e. The average Bonchev–Trinajstić information content (AvgIpc) is 3.77. The summed E-state index contributed by atoms with van der Waals surface area (Å²) in [5.41, 5.74) is 0.865. The van der Waals surface area contributed by atoms with Gasteiger partial charge in [-0.2, -0.15) is 0 Å². The summed E-state index contributed by atoms with van der Waals surface area (Å²) in [7, 11) is 0. The Bertz CT molecular complexity index is 1230. The predicted octanol–water partition coefficient (Wildman–Crippen LogP) is 5.85. The number of nitrogens with zero attached hydrogens (tertiary/aromatic N) is 1. The SMILES string of the molecule is C.CC(=O)O.Fc1cccc(F)c1-c1nc[nH]c1C1CC1.N.O=CNC(C(=O)C1CC1)c1c(F)cccc1F. The number of carbonyl (C=O) groups excluding carboxylic acids is 2. The molecule has 2 aliphatic rings. The molecule has 3 aromatic rings. The fourth-order valence-electron chi connectivity index (χ4n) is 3.68. The van der Waals surface area contributed by atoms with Crippen LogP contribution in [0.3, 0.4) is 0 Å². The lowest BCUT2D eigenvalue weighted by Gasteiger charge is -2.16. The zero-order chi connectivity index (χ0) is 27.1. The maximum Gasteiger partial charge on any atom is 0.300 e. The van der Waals surface area contributed by atoms with Gasteiger partial charge < -0.3 is 21.6 Å². The molecule has 1 aromatic heterocycles. The van der Waals surface area contributed by atoms with E-state index in [0.29, 0.717) is 24.5 Å². The van der Waals surface area contributed by atoms with Gasteiger partial charge in [0.25, 0.3) is 5.97 Å². The molecule has 1 amide bonds. The summed E-state index contributed by atoms with van der Waals surface area (Å²) in [6, 6.07) is 6.00. The lowest BCUT2D eigenvalue weighted by Crippen LogP contribution is -2.30. The van der Waals surface area contributed by atoms with Gasteiger partial charge in [-0.1, -0.05) is 19.6 Å². The van der Waals surface area contributed by atoms with Gasteiger partial charge in [0, 0.05) is 24.5 Å². The van der Waals surface area contributed by atoms with Crippen molar-refractivity contribution in [2.24, 2.45) is 5.92 Å². The third kappa shape index (κ3) is 8.74. The summed E-state index contributed by atoms with van der Waals surface area (Å²) >= 11 is 0. The van der Waals surface area contributed by atoms with Crippen LogP contribution in [-0.2, 0) is 14.4 Å². The molecule has 0 bridgehead atoms. The highest BCUT2D eigenvalue weighted by Gasteiger charge is 2.37. The van der Waals surface area contributed by atoms with Gasteiger partial charge in [0.05, 0.1) is 23.1 Å². The smallest absolute Gasteiger partial charge is 0.300 e. The van der Waals surface area contributed by atoms with E-state index in [9.17, 15) is 27.2 Å². The molecule has 8 nitrogen and oxygen atoms in total. The van der Waals surface area contributed by atoms with E-state index in [4.69, 9.17) is 9.90 Å². The number of Topliss-reactive ketones (excluding diaryl/α,β-unsaturated/α-hetero) is 1. The molecule has 0 radical (unpaired) electrons. The van der Waals surface area contributed by atoms with Gasteiger partial charge in [-0.05, 0) is 49.9 Å². The summed E-state index contributed by atoms with van der Waals surface area (Å²) < 4.78 is 54.2. The van der Waals surface area contributed by atoms with Gasteiger partial charge >= 0.3 is 0 Å². The van der Waals surface area contributed by atoms with Crippen LogP contribution in [0.1, 0.15) is 63.3 Å². The molecular weight excluding hydrogens is 520 g/mol. The number of rotatable bonds is 7. The van der Waals surface area contributed by atoms with Gasteiger partial charge in [-0.15, -0.1) is 0 Å². The number of benzene rings is 2. The minimum absolute atomic E-state index is 0. The van der Waals surface area contributed by atoms with E-state index in [-0.39, 0.29) is 42.8 Å². The van der Waals surface area contributed by atoms with Crippen LogP contribution in [0.15, 0.2) is 42.7 Å². The number of aliphatic carboxylic acids is 1. The Morgan fingerprint density at radius 1 is 1.00 bits per heavy atom. The molecule has 12 heteroatoms. The van der Waals surface area contributed by atoms with Crippen molar-refractivity contribution in [3.63, 3.8) is 0 Å². The third-order valence-corrected chi connectivity index (χ3v) is 5.64. The highest BCUT2D eigenvalue weighted by Crippen LogP contribution is 2.43. The van der Waals surface area contributed by atoms with Crippen LogP contribution in [0.5, 0.6) is 0 Å². The Hall–Kier alpha value is -4.06. The topological polar surface area (TPSA) is 147 Å². The average molecular weight is 553 g/mol. The number of carbonyl (C=O) groups is 3. The molecule has 2 fully saturated rings. The zero-order valence-electron chi connectivity index (χ0n) is 20.5. The van der Waals surface area contributed by atoms with Crippen molar-refractivity contribution >= 4 is 18.2 Å². The number of aromatic nitrogens is 2. The molecule has 5 rings (SSSR count). The zero-order valence-corrected chi connectivity index (χ0v) is 20.5. The number of carboxylic acid groups (broad SMARTS) is 1. The van der Waals surface area contributed by atoms with Gasteiger partial charge in [0.2, 0.25) is 6.41 Å². The van der Waals surface area contributed by atoms with E-state index in [2.05, 4.69) is 15.3 Å². The molecule has 2 aliphatic carbocycles. The Balaban J connectivity index is 0.000000329. The molecule has 1 heterocycles. The van der Waals surface area contributed by atoms with Crippen molar-refractivity contribution in [1.29, 1.82) is 0 Å². The fraction of sp³-hybridized carbons (Fsp3) is 0.333. The van der Waals surface area contributed by atoms with Crippen LogP contribution < -0.4 is 11.5 Å². The summed E-state index contributed by atoms with van der Waals surface area (Å²) in [6.45, 7) is 1.08. The van der Waals surface area contributed by atoms with Crippen molar-refractivity contribution in [3.8, 4) is 11.3 Å². The van der Waals surface area contributed by atoms with Crippen LogP contribution in [0.25, 0.3) is 11.3 Å². The summed E-state index contributed by atoms with van der Waals surface area (Å²) in [5, 5.41) is 9.61. The number of aromatic amines is 1. The molecule has 2 aromatic carbocycles. The van der Waals surface area contributed by atoms with Gasteiger partial charge in [-0.3, -0.25) is 14.4 Å². The number of nitrogens with one attached hydrogen (secondary N) is 2. The predicted molar refractivity (Wildman–Crippen MR) is 137 cm³/mol. The first-order valence-electron chi connectivity index (χ1n) is 11.5. The Morgan fingerprint density at radius 3 is 1.92 bits per heavy atom. The van der Waals surface area contributed by atoms with E-state index in [1.807, 2.05) is 0 Å². The second kappa shape index (κ2) is 14.8. The van der Waals surface area contributed by atoms with Crippen molar-refractivity contribution in [2.45, 2.75) is 52.0 Å². The van der Waals surface area contributed by atoms with Gasteiger partial charge in [0.1, 0.15) is 29.3 Å². The molecule has 2 saturated carbocycles. The number of hydrogen-bond acceptors (Lipinski definition) is 5. The Labute approximate surface area is 223 Å². The number of H-pyrrole nitrogens is 1. The second-order valence-electron chi connectivity index (χ2n) is 8.58. The van der Waals surface area contributed by atoms with Crippen molar-refractivity contribution in [3.05, 3.63) is 77.3 Å². The maximum absolute atomic E-state index is 13.6. The molecule has 0 spiro atoms. The molecule has 0 aliphatic heterocycles. The van der Waals surface area contributed by atoms with Gasteiger partial charge in [-0.25, -0.2) is 22.5 Å². The number of imidazole rings is 1. The first kappa shape index (κ1) is 33.0. The highest BCUT2D eigenvalue weighted by molar-refractivity contribution is 5.90. The number of amides is 1. The first-order valence-corrected chi connectivity index (χ1v) is 11.5. The number of carboxylic acids is 1. The lowest BCUT2D eigenvalue weighted by atomic mass is 9.99. The van der Waals surface area contributed by atoms with E-state index in [1.54, 1.807) is 0 Å². The summed E-state index contributed by atoms with van der Waals surface area (Å²) in [5.74, 6) is -3.73. The van der Waals surface area contributed by atoms with Crippen LogP contribution in [-0.4, -0.2) is 33.2 Å². The maximum atomic E-state index is 13.6. The van der Waals surface area contributed by atoms with E-state index in [0.717, 1.165) is 37.6 Å². The van der Waals surface area contributed by atoms with Crippen molar-refractivity contribution in [1.82, 2.24) is 21.4 Å². The molecular formula is C27H32F4N4O4. The van der Waals surface area contributed by atoms with Crippen LogP contribution in [0.2, 0.25) is 0 Å². The quantitative estimate of drug-likeness (QED) is 0.213. The molecule has 39 heavy (non-hydrogen) atoms. The van der Waals surface area contributed by atoms with E-state index >= 15 is 0 Å². The summed E-state index contributed by atoms with van der Waals surface area (Å²) in [4.78, 5) is 38.3. The van der Waals surface area contributed by atoms with Gasteiger partial charge in [0.15, 0.2) is 5.78 Å². The molecule has 1 atom stereocenters. The summed E-state index contributed by atoms with van der Waals surface area (Å²) in [6.07, 6.45) is 5.33. The molecule has 1 unspecified atom stereocenters. The lowest BCUT2D eigenvalue weighted by molar-refractivity contribution is -0.134. The third-order valence-electron chi connectivity index (χ3n) is 5.64. The first-order chi connectivity index (χ1) is 17.6. The minimum Gasteiger partial charge on any atom is -0.481 e. The molecule has 6 N–H and O–H groups in total. The molecule has 212 valence electrons. The Kier molecular flexibility index (Phi) is 12.5. The highest BCUT2D eigenvalue weighted by atomic mass is 19.1. The van der Waals surface area contributed by atoms with Crippen LogP contribution in [0.4, 0.5) is 17.6 Å². The number of halogens is 4. The van der Waals surface area contributed by atoms with E-state index in [1.165, 1.54) is 30.6 Å². The number of ketones is 1. The second-order valence-corrected chi connectivity index (χ2v) is 8.58. The fourth-order valence-corrected chi connectivity index (χ4v) is 3.68. The monoisotopic (exact) mass is 552 g/mol. The Morgan fingerprint density at radius 2 is 1.49 bits per heavy atom.